The van der Waals surface area contributed by atoms with E-state index in [4.69, 9.17) is 0 Å². The van der Waals surface area contributed by atoms with E-state index in [9.17, 15) is 9.18 Å². The van der Waals surface area contributed by atoms with Crippen molar-refractivity contribution in [3.8, 4) is 0 Å². The van der Waals surface area contributed by atoms with Gasteiger partial charge in [-0.05, 0) is 6.42 Å². The first-order valence-electron chi connectivity index (χ1n) is 3.80. The molecule has 1 heterocycles. The molecule has 1 amide bonds. The van der Waals surface area contributed by atoms with Crippen molar-refractivity contribution >= 4 is 5.91 Å². The number of hydrogen-bond acceptors (Lipinski definition) is 2. The molecule has 64 valence electrons. The fourth-order valence-electron chi connectivity index (χ4n) is 1.24. The molecule has 4 heteroatoms. The first kappa shape index (κ1) is 8.46. The van der Waals surface area contributed by atoms with Gasteiger partial charge in [0, 0.05) is 20.1 Å². The number of carbonyl (C=O) groups is 1. The zero-order valence-corrected chi connectivity index (χ0v) is 6.64. The predicted octanol–water partition coefficient (Wildman–Crippen LogP) is -0.224. The summed E-state index contributed by atoms with van der Waals surface area (Å²) in [6.07, 6.45) is 0.801. The summed E-state index contributed by atoms with van der Waals surface area (Å²) in [4.78, 5) is 12.8. The Balaban J connectivity index is 2.30. The molecule has 1 atom stereocenters. The summed E-state index contributed by atoms with van der Waals surface area (Å²) in [7, 11) is 1.76. The molecule has 1 N–H and O–H groups in total. The molecule has 1 aliphatic heterocycles. The number of alkyl halides is 1. The van der Waals surface area contributed by atoms with Gasteiger partial charge in [0.1, 0.15) is 6.67 Å². The zero-order chi connectivity index (χ0) is 8.27. The Labute approximate surface area is 65.6 Å². The number of rotatable bonds is 3. The lowest BCUT2D eigenvalue weighted by Crippen LogP contribution is -2.37. The summed E-state index contributed by atoms with van der Waals surface area (Å²) >= 11 is 0. The van der Waals surface area contributed by atoms with Crippen molar-refractivity contribution in [1.82, 2.24) is 10.2 Å². The third-order valence-electron chi connectivity index (χ3n) is 1.91. The number of likely N-dealkylation sites (tertiary alicyclic amines) is 1. The van der Waals surface area contributed by atoms with Crippen LogP contribution in [0.1, 0.15) is 6.42 Å². The van der Waals surface area contributed by atoms with Gasteiger partial charge in [-0.15, -0.1) is 0 Å². The van der Waals surface area contributed by atoms with Crippen LogP contribution in [0.3, 0.4) is 0 Å². The molecule has 0 aromatic carbocycles. The summed E-state index contributed by atoms with van der Waals surface area (Å²) in [6.45, 7) is 0.653. The third-order valence-corrected chi connectivity index (χ3v) is 1.91. The molecule has 0 saturated carbocycles. The van der Waals surface area contributed by atoms with E-state index in [0.29, 0.717) is 0 Å². The summed E-state index contributed by atoms with van der Waals surface area (Å²) in [6, 6.07) is -0.143. The monoisotopic (exact) mass is 160 g/mol. The van der Waals surface area contributed by atoms with E-state index in [0.717, 1.165) is 13.0 Å². The molecule has 0 aliphatic carbocycles. The molecule has 1 saturated heterocycles. The summed E-state index contributed by atoms with van der Waals surface area (Å²) in [5.41, 5.74) is 0. The molecule has 0 radical (unpaired) electrons. The van der Waals surface area contributed by atoms with Crippen LogP contribution in [0.4, 0.5) is 4.39 Å². The van der Waals surface area contributed by atoms with Crippen LogP contribution in [-0.4, -0.2) is 43.7 Å². The summed E-state index contributed by atoms with van der Waals surface area (Å²) in [5.74, 6) is 0.0819. The van der Waals surface area contributed by atoms with Crippen molar-refractivity contribution < 1.29 is 9.18 Å². The highest BCUT2D eigenvalue weighted by Gasteiger charge is 2.27. The molecule has 1 fully saturated rings. The number of amides is 1. The van der Waals surface area contributed by atoms with Gasteiger partial charge in [0.2, 0.25) is 5.91 Å². The summed E-state index contributed by atoms with van der Waals surface area (Å²) in [5, 5.41) is 2.85. The van der Waals surface area contributed by atoms with Crippen LogP contribution >= 0.6 is 0 Å². The van der Waals surface area contributed by atoms with Crippen LogP contribution < -0.4 is 5.32 Å². The van der Waals surface area contributed by atoms with Gasteiger partial charge in [0.15, 0.2) is 0 Å². The minimum atomic E-state index is -0.409. The number of nitrogens with zero attached hydrogens (tertiary/aromatic N) is 1. The Hall–Kier alpha value is -0.640. The van der Waals surface area contributed by atoms with Gasteiger partial charge in [0.25, 0.3) is 0 Å². The van der Waals surface area contributed by atoms with E-state index in [1.165, 1.54) is 0 Å². The minimum Gasteiger partial charge on any atom is -0.344 e. The average Bonchev–Trinajstić information content (AvgIpc) is 2.31. The van der Waals surface area contributed by atoms with E-state index < -0.39 is 6.67 Å². The first-order valence-corrected chi connectivity index (χ1v) is 3.80. The zero-order valence-electron chi connectivity index (χ0n) is 6.64. The van der Waals surface area contributed by atoms with Crippen molar-refractivity contribution in [2.75, 3.05) is 26.8 Å². The van der Waals surface area contributed by atoms with Crippen molar-refractivity contribution in [3.05, 3.63) is 0 Å². The van der Waals surface area contributed by atoms with Crippen LogP contribution in [0.5, 0.6) is 0 Å². The molecular weight excluding hydrogens is 147 g/mol. The number of likely N-dealkylation sites (N-methyl/N-ethyl adjacent to an activating group) is 1. The van der Waals surface area contributed by atoms with Crippen molar-refractivity contribution in [1.29, 1.82) is 0 Å². The molecule has 0 spiro atoms. The van der Waals surface area contributed by atoms with Crippen molar-refractivity contribution in [2.24, 2.45) is 0 Å². The summed E-state index contributed by atoms with van der Waals surface area (Å²) < 4.78 is 11.7. The lowest BCUT2D eigenvalue weighted by molar-refractivity contribution is -0.128. The molecule has 1 rings (SSSR count). The number of hydrogen-bond donors (Lipinski definition) is 1. The lowest BCUT2D eigenvalue weighted by atomic mass is 10.2. The predicted molar refractivity (Wildman–Crippen MR) is 40.0 cm³/mol. The second-order valence-electron chi connectivity index (χ2n) is 2.74. The Morgan fingerprint density at radius 3 is 3.00 bits per heavy atom. The van der Waals surface area contributed by atoms with E-state index in [-0.39, 0.29) is 18.5 Å². The van der Waals surface area contributed by atoms with Crippen LogP contribution in [0, 0.1) is 0 Å². The van der Waals surface area contributed by atoms with E-state index in [2.05, 4.69) is 5.32 Å². The minimum absolute atomic E-state index is 0.0819. The normalized spacial score (nSPS) is 24.7. The molecule has 11 heavy (non-hydrogen) atoms. The van der Waals surface area contributed by atoms with Gasteiger partial charge in [-0.3, -0.25) is 4.79 Å². The lowest BCUT2D eigenvalue weighted by Gasteiger charge is -2.10. The quantitative estimate of drug-likeness (QED) is 0.619. The first-order chi connectivity index (χ1) is 5.25. The topological polar surface area (TPSA) is 32.3 Å². The van der Waals surface area contributed by atoms with Gasteiger partial charge < -0.3 is 10.2 Å². The molecule has 0 aromatic heterocycles. The van der Waals surface area contributed by atoms with Crippen LogP contribution in [0.15, 0.2) is 0 Å². The van der Waals surface area contributed by atoms with Crippen molar-refractivity contribution in [2.45, 2.75) is 12.5 Å². The average molecular weight is 160 g/mol. The molecule has 1 unspecified atom stereocenters. The highest BCUT2D eigenvalue weighted by Crippen LogP contribution is 2.07. The molecule has 1 aliphatic rings. The maximum Gasteiger partial charge on any atom is 0.239 e. The van der Waals surface area contributed by atoms with Crippen molar-refractivity contribution in [3.63, 3.8) is 0 Å². The Kier molecular flexibility index (Phi) is 2.82. The highest BCUT2D eigenvalue weighted by molar-refractivity contribution is 5.83. The van der Waals surface area contributed by atoms with Gasteiger partial charge in [-0.1, -0.05) is 0 Å². The van der Waals surface area contributed by atoms with Gasteiger partial charge in [0.05, 0.1) is 6.04 Å². The fraction of sp³-hybridized carbons (Fsp3) is 0.857. The van der Waals surface area contributed by atoms with Crippen LogP contribution in [0.25, 0.3) is 0 Å². The molecule has 3 nitrogen and oxygen atoms in total. The third kappa shape index (κ3) is 1.89. The van der Waals surface area contributed by atoms with Crippen LogP contribution in [0.2, 0.25) is 0 Å². The van der Waals surface area contributed by atoms with Gasteiger partial charge >= 0.3 is 0 Å². The number of nitrogens with one attached hydrogen (secondary N) is 1. The number of carbonyl (C=O) groups excluding carboxylic acids is 1. The fourth-order valence-corrected chi connectivity index (χ4v) is 1.24. The highest BCUT2D eigenvalue weighted by atomic mass is 19.1. The Morgan fingerprint density at radius 2 is 2.55 bits per heavy atom. The second-order valence-corrected chi connectivity index (χ2v) is 2.74. The maximum atomic E-state index is 11.7. The van der Waals surface area contributed by atoms with E-state index in [1.807, 2.05) is 0 Å². The Morgan fingerprint density at radius 1 is 1.82 bits per heavy atom. The Bertz CT molecular complexity index is 151. The molecule has 0 aromatic rings. The SMILES string of the molecule is CN1CCC(NCCF)C1=O. The van der Waals surface area contributed by atoms with E-state index in [1.54, 1.807) is 11.9 Å². The smallest absolute Gasteiger partial charge is 0.239 e. The van der Waals surface area contributed by atoms with Gasteiger partial charge in [-0.2, -0.15) is 0 Å². The van der Waals surface area contributed by atoms with E-state index >= 15 is 0 Å². The number of halogens is 1. The molecule has 0 bridgehead atoms. The molecular formula is C7H13FN2O. The largest absolute Gasteiger partial charge is 0.344 e. The van der Waals surface area contributed by atoms with Crippen LogP contribution in [-0.2, 0) is 4.79 Å². The van der Waals surface area contributed by atoms with Gasteiger partial charge in [-0.25, -0.2) is 4.39 Å². The second kappa shape index (κ2) is 3.67. The standard InChI is InChI=1S/C7H13FN2O/c1-10-5-2-6(7(10)11)9-4-3-8/h6,9H,2-5H2,1H3. The maximum absolute atomic E-state index is 11.7.